The molecular weight excluding hydrogens is 342 g/mol. The van der Waals surface area contributed by atoms with Gasteiger partial charge in [0.05, 0.1) is 5.56 Å². The molecule has 112 valence electrons. The molecule has 0 N–H and O–H groups in total. The van der Waals surface area contributed by atoms with E-state index in [-0.39, 0.29) is 16.6 Å². The van der Waals surface area contributed by atoms with Crippen molar-refractivity contribution in [1.29, 1.82) is 0 Å². The molecular formula is C13H14BrF4NO. The summed E-state index contributed by atoms with van der Waals surface area (Å²) in [4.78, 5) is 12.8. The van der Waals surface area contributed by atoms with Gasteiger partial charge >= 0.3 is 6.18 Å². The molecule has 1 aromatic rings. The molecule has 1 rings (SSSR count). The van der Waals surface area contributed by atoms with Gasteiger partial charge in [0.15, 0.2) is 0 Å². The molecule has 1 aromatic carbocycles. The number of alkyl halides is 3. The Bertz CT molecular complexity index is 456. The lowest BCUT2D eigenvalue weighted by atomic mass is 10.1. The zero-order valence-corrected chi connectivity index (χ0v) is 12.4. The highest BCUT2D eigenvalue weighted by Gasteiger charge is 2.34. The van der Waals surface area contributed by atoms with Gasteiger partial charge < -0.3 is 4.90 Å². The van der Waals surface area contributed by atoms with Crippen molar-refractivity contribution in [2.24, 2.45) is 0 Å². The summed E-state index contributed by atoms with van der Waals surface area (Å²) in [6.07, 6.45) is -3.45. The van der Waals surface area contributed by atoms with Crippen LogP contribution >= 0.6 is 15.9 Å². The fourth-order valence-corrected chi connectivity index (χ4v) is 2.19. The van der Waals surface area contributed by atoms with Crippen LogP contribution in [0.4, 0.5) is 17.6 Å². The van der Waals surface area contributed by atoms with Gasteiger partial charge in [0, 0.05) is 11.0 Å². The lowest BCUT2D eigenvalue weighted by molar-refractivity contribution is -0.140. The molecule has 0 spiro atoms. The van der Waals surface area contributed by atoms with Crippen LogP contribution in [0.25, 0.3) is 0 Å². The normalized spacial score (nSPS) is 11.5. The minimum Gasteiger partial charge on any atom is -0.329 e. The molecule has 0 aliphatic heterocycles. The number of nitrogens with zero attached hydrogens (tertiary/aromatic N) is 1. The first-order valence-corrected chi connectivity index (χ1v) is 6.85. The molecule has 2 nitrogen and oxygen atoms in total. The maximum Gasteiger partial charge on any atom is 0.406 e. The number of hydrogen-bond donors (Lipinski definition) is 0. The van der Waals surface area contributed by atoms with Gasteiger partial charge in [-0.3, -0.25) is 4.79 Å². The molecule has 0 radical (unpaired) electrons. The smallest absolute Gasteiger partial charge is 0.329 e. The third-order valence-corrected chi connectivity index (χ3v) is 3.28. The van der Waals surface area contributed by atoms with E-state index in [9.17, 15) is 22.4 Å². The second-order valence-electron chi connectivity index (χ2n) is 4.29. The number of hydrogen-bond acceptors (Lipinski definition) is 1. The van der Waals surface area contributed by atoms with Crippen molar-refractivity contribution in [3.8, 4) is 0 Å². The Balaban J connectivity index is 3.03. The zero-order valence-electron chi connectivity index (χ0n) is 10.8. The standard InChI is InChI=1S/C13H14BrF4NO/c1-2-3-7-19(8-13(16,17)18)12(20)11-9(14)5-4-6-10(11)15/h4-6H,2-3,7-8H2,1H3. The molecule has 0 atom stereocenters. The third kappa shape index (κ3) is 4.77. The van der Waals surface area contributed by atoms with Crippen molar-refractivity contribution in [2.45, 2.75) is 25.9 Å². The zero-order chi connectivity index (χ0) is 15.3. The average Bonchev–Trinajstić information content (AvgIpc) is 2.32. The Hall–Kier alpha value is -1.11. The van der Waals surface area contributed by atoms with Crippen LogP contribution in [0, 0.1) is 5.82 Å². The first-order chi connectivity index (χ1) is 9.26. The molecule has 0 aliphatic carbocycles. The number of amides is 1. The molecule has 1 amide bonds. The number of halogens is 5. The molecule has 0 bridgehead atoms. The fourth-order valence-electron chi connectivity index (χ4n) is 1.68. The summed E-state index contributed by atoms with van der Waals surface area (Å²) in [5.41, 5.74) is -0.368. The van der Waals surface area contributed by atoms with Crippen LogP contribution in [0.15, 0.2) is 22.7 Å². The van der Waals surface area contributed by atoms with E-state index in [1.165, 1.54) is 12.1 Å². The van der Waals surface area contributed by atoms with Gasteiger partial charge in [-0.25, -0.2) is 4.39 Å². The Morgan fingerprint density at radius 2 is 2.00 bits per heavy atom. The van der Waals surface area contributed by atoms with Crippen LogP contribution < -0.4 is 0 Å². The number of rotatable bonds is 5. The quantitative estimate of drug-likeness (QED) is 0.717. The summed E-state index contributed by atoms with van der Waals surface area (Å²) in [6, 6.07) is 3.84. The van der Waals surface area contributed by atoms with Gasteiger partial charge in [-0.2, -0.15) is 13.2 Å². The van der Waals surface area contributed by atoms with Gasteiger partial charge in [-0.1, -0.05) is 19.4 Å². The van der Waals surface area contributed by atoms with E-state index in [2.05, 4.69) is 15.9 Å². The maximum absolute atomic E-state index is 13.7. The topological polar surface area (TPSA) is 20.3 Å². The summed E-state index contributed by atoms with van der Waals surface area (Å²) in [5.74, 6) is -1.80. The molecule has 0 fully saturated rings. The molecule has 7 heteroatoms. The van der Waals surface area contributed by atoms with Crippen molar-refractivity contribution in [3.05, 3.63) is 34.1 Å². The van der Waals surface area contributed by atoms with Crippen molar-refractivity contribution in [1.82, 2.24) is 4.90 Å². The summed E-state index contributed by atoms with van der Waals surface area (Å²) in [7, 11) is 0. The molecule has 0 aliphatic rings. The van der Waals surface area contributed by atoms with Gasteiger partial charge in [-0.15, -0.1) is 0 Å². The second kappa shape index (κ2) is 7.06. The maximum atomic E-state index is 13.7. The fraction of sp³-hybridized carbons (Fsp3) is 0.462. The minimum absolute atomic E-state index is 0.0599. The summed E-state index contributed by atoms with van der Waals surface area (Å²) >= 11 is 3.00. The highest BCUT2D eigenvalue weighted by molar-refractivity contribution is 9.10. The number of unbranched alkanes of at least 4 members (excludes halogenated alkanes) is 1. The van der Waals surface area contributed by atoms with Crippen LogP contribution in [0.5, 0.6) is 0 Å². The monoisotopic (exact) mass is 355 g/mol. The SMILES string of the molecule is CCCCN(CC(F)(F)F)C(=O)c1c(F)cccc1Br. The predicted molar refractivity (Wildman–Crippen MR) is 71.0 cm³/mol. The Morgan fingerprint density at radius 1 is 1.35 bits per heavy atom. The molecule has 20 heavy (non-hydrogen) atoms. The first kappa shape index (κ1) is 16.9. The van der Waals surface area contributed by atoms with E-state index < -0.39 is 24.4 Å². The number of benzene rings is 1. The molecule has 0 heterocycles. The molecule has 0 aromatic heterocycles. The summed E-state index contributed by atoms with van der Waals surface area (Å²) in [6.45, 7) is 0.359. The van der Waals surface area contributed by atoms with E-state index in [0.717, 1.165) is 6.07 Å². The Labute approximate surface area is 122 Å². The Kier molecular flexibility index (Phi) is 5.98. The van der Waals surface area contributed by atoms with E-state index in [0.29, 0.717) is 17.7 Å². The lowest BCUT2D eigenvalue weighted by Crippen LogP contribution is -2.40. The van der Waals surface area contributed by atoms with Crippen LogP contribution in [-0.2, 0) is 0 Å². The number of carbonyl (C=O) groups is 1. The molecule has 0 unspecified atom stereocenters. The van der Waals surface area contributed by atoms with Crippen LogP contribution in [0.3, 0.4) is 0 Å². The molecule has 0 saturated heterocycles. The molecule has 0 saturated carbocycles. The highest BCUT2D eigenvalue weighted by Crippen LogP contribution is 2.24. The van der Waals surface area contributed by atoms with Crippen molar-refractivity contribution in [2.75, 3.05) is 13.1 Å². The number of carbonyl (C=O) groups excluding carboxylic acids is 1. The first-order valence-electron chi connectivity index (χ1n) is 6.06. The highest BCUT2D eigenvalue weighted by atomic mass is 79.9. The summed E-state index contributed by atoms with van der Waals surface area (Å²) in [5, 5.41) is 0. The van der Waals surface area contributed by atoms with E-state index in [4.69, 9.17) is 0 Å². The minimum atomic E-state index is -4.51. The van der Waals surface area contributed by atoms with Crippen LogP contribution in [0.2, 0.25) is 0 Å². The van der Waals surface area contributed by atoms with Gasteiger partial charge in [-0.05, 0) is 34.5 Å². The van der Waals surface area contributed by atoms with Crippen LogP contribution in [0.1, 0.15) is 30.1 Å². The predicted octanol–water partition coefficient (Wildman–Crippen LogP) is 4.39. The van der Waals surface area contributed by atoms with Gasteiger partial charge in [0.1, 0.15) is 12.4 Å². The Morgan fingerprint density at radius 3 is 2.50 bits per heavy atom. The van der Waals surface area contributed by atoms with Crippen molar-refractivity contribution in [3.63, 3.8) is 0 Å². The second-order valence-corrected chi connectivity index (χ2v) is 5.15. The van der Waals surface area contributed by atoms with E-state index in [1.807, 2.05) is 0 Å². The average molecular weight is 356 g/mol. The largest absolute Gasteiger partial charge is 0.406 e. The van der Waals surface area contributed by atoms with Crippen molar-refractivity contribution >= 4 is 21.8 Å². The lowest BCUT2D eigenvalue weighted by Gasteiger charge is -2.24. The summed E-state index contributed by atoms with van der Waals surface area (Å²) < 4.78 is 51.3. The van der Waals surface area contributed by atoms with Gasteiger partial charge in [0.25, 0.3) is 5.91 Å². The van der Waals surface area contributed by atoms with E-state index >= 15 is 0 Å². The van der Waals surface area contributed by atoms with Crippen molar-refractivity contribution < 1.29 is 22.4 Å². The van der Waals surface area contributed by atoms with Gasteiger partial charge in [0.2, 0.25) is 0 Å². The van der Waals surface area contributed by atoms with E-state index in [1.54, 1.807) is 6.92 Å². The van der Waals surface area contributed by atoms with Crippen LogP contribution in [-0.4, -0.2) is 30.1 Å². The third-order valence-electron chi connectivity index (χ3n) is 2.62.